The van der Waals surface area contributed by atoms with E-state index in [-0.39, 0.29) is 18.1 Å². The SMILES string of the molecule is CCCCCN(CCCCC)S(=O)(=O)CCCC(=O)OC. The van der Waals surface area contributed by atoms with Gasteiger partial charge in [0.25, 0.3) is 0 Å². The average Bonchev–Trinajstić information content (AvgIpc) is 2.45. The second-order valence-electron chi connectivity index (χ2n) is 5.31. The van der Waals surface area contributed by atoms with Gasteiger partial charge in [0.15, 0.2) is 0 Å². The summed E-state index contributed by atoms with van der Waals surface area (Å²) in [6.07, 6.45) is 6.53. The smallest absolute Gasteiger partial charge is 0.305 e. The predicted octanol–water partition coefficient (Wildman–Crippen LogP) is 2.95. The third-order valence-corrected chi connectivity index (χ3v) is 5.38. The van der Waals surface area contributed by atoms with E-state index in [2.05, 4.69) is 18.6 Å². The molecule has 0 atom stereocenters. The van der Waals surface area contributed by atoms with Gasteiger partial charge >= 0.3 is 5.97 Å². The van der Waals surface area contributed by atoms with Crippen LogP contribution in [0.2, 0.25) is 0 Å². The van der Waals surface area contributed by atoms with Gasteiger partial charge in [-0.25, -0.2) is 12.7 Å². The highest BCUT2D eigenvalue weighted by molar-refractivity contribution is 7.89. The Morgan fingerprint density at radius 3 is 1.90 bits per heavy atom. The van der Waals surface area contributed by atoms with Gasteiger partial charge in [0.1, 0.15) is 0 Å². The maximum atomic E-state index is 12.4. The Kier molecular flexibility index (Phi) is 11.6. The van der Waals surface area contributed by atoms with E-state index in [1.807, 2.05) is 0 Å². The lowest BCUT2D eigenvalue weighted by Crippen LogP contribution is -2.35. The summed E-state index contributed by atoms with van der Waals surface area (Å²) in [7, 11) is -1.94. The van der Waals surface area contributed by atoms with Gasteiger partial charge < -0.3 is 4.74 Å². The molecule has 0 fully saturated rings. The Hall–Kier alpha value is -0.620. The van der Waals surface area contributed by atoms with E-state index in [0.717, 1.165) is 38.5 Å². The fourth-order valence-electron chi connectivity index (χ4n) is 2.10. The van der Waals surface area contributed by atoms with Crippen molar-refractivity contribution in [2.24, 2.45) is 0 Å². The molecule has 0 spiro atoms. The summed E-state index contributed by atoms with van der Waals surface area (Å²) < 4.78 is 30.9. The lowest BCUT2D eigenvalue weighted by molar-refractivity contribution is -0.140. The summed E-state index contributed by atoms with van der Waals surface area (Å²) in [5, 5.41) is 0. The Morgan fingerprint density at radius 1 is 0.952 bits per heavy atom. The number of carbonyl (C=O) groups excluding carboxylic acids is 1. The van der Waals surface area contributed by atoms with Crippen LogP contribution in [0.3, 0.4) is 0 Å². The lowest BCUT2D eigenvalue weighted by Gasteiger charge is -2.22. The zero-order valence-corrected chi connectivity index (χ0v) is 14.6. The molecule has 0 saturated heterocycles. The van der Waals surface area contributed by atoms with Crippen LogP contribution in [0.1, 0.15) is 65.2 Å². The van der Waals surface area contributed by atoms with Crippen LogP contribution >= 0.6 is 0 Å². The molecule has 0 aromatic rings. The van der Waals surface area contributed by atoms with Crippen LogP contribution in [0.25, 0.3) is 0 Å². The molecule has 0 radical (unpaired) electrons. The van der Waals surface area contributed by atoms with Crippen LogP contribution in [0.4, 0.5) is 0 Å². The van der Waals surface area contributed by atoms with Gasteiger partial charge in [-0.15, -0.1) is 0 Å². The number of nitrogens with zero attached hydrogens (tertiary/aromatic N) is 1. The first kappa shape index (κ1) is 20.4. The zero-order valence-electron chi connectivity index (χ0n) is 13.8. The van der Waals surface area contributed by atoms with Crippen molar-refractivity contribution in [3.63, 3.8) is 0 Å². The number of esters is 1. The van der Waals surface area contributed by atoms with Crippen molar-refractivity contribution >= 4 is 16.0 Å². The molecule has 0 saturated carbocycles. The van der Waals surface area contributed by atoms with E-state index in [1.54, 1.807) is 4.31 Å². The molecule has 0 aliphatic carbocycles. The van der Waals surface area contributed by atoms with E-state index < -0.39 is 10.0 Å². The van der Waals surface area contributed by atoms with Crippen LogP contribution in [0, 0.1) is 0 Å². The van der Waals surface area contributed by atoms with Crippen molar-refractivity contribution in [2.75, 3.05) is 26.0 Å². The van der Waals surface area contributed by atoms with Crippen LogP contribution in [-0.4, -0.2) is 44.6 Å². The Bertz CT molecular complexity index is 358. The van der Waals surface area contributed by atoms with Crippen molar-refractivity contribution in [3.8, 4) is 0 Å². The second-order valence-corrected chi connectivity index (χ2v) is 7.40. The highest BCUT2D eigenvalue weighted by Gasteiger charge is 2.21. The van der Waals surface area contributed by atoms with Crippen LogP contribution in [0.15, 0.2) is 0 Å². The maximum absolute atomic E-state index is 12.4. The monoisotopic (exact) mass is 321 g/mol. The number of rotatable bonds is 13. The molecule has 0 N–H and O–H groups in total. The lowest BCUT2D eigenvalue weighted by atomic mass is 10.2. The average molecular weight is 321 g/mol. The Balaban J connectivity index is 4.41. The molecule has 5 nitrogen and oxygen atoms in total. The molecule has 0 heterocycles. The minimum atomic E-state index is -3.26. The molecule has 126 valence electrons. The molecule has 0 aliphatic heterocycles. The molecule has 0 rings (SSSR count). The molecular weight excluding hydrogens is 290 g/mol. The Labute approximate surface area is 130 Å². The summed E-state index contributed by atoms with van der Waals surface area (Å²) >= 11 is 0. The first-order chi connectivity index (χ1) is 9.97. The van der Waals surface area contributed by atoms with E-state index >= 15 is 0 Å². The van der Waals surface area contributed by atoms with Gasteiger partial charge in [-0.3, -0.25) is 4.79 Å². The van der Waals surface area contributed by atoms with Gasteiger partial charge in [0.2, 0.25) is 10.0 Å². The predicted molar refractivity (Wildman–Crippen MR) is 85.7 cm³/mol. The van der Waals surface area contributed by atoms with Crippen molar-refractivity contribution < 1.29 is 17.9 Å². The topological polar surface area (TPSA) is 63.7 Å². The van der Waals surface area contributed by atoms with Gasteiger partial charge in [-0.1, -0.05) is 39.5 Å². The number of hydrogen-bond acceptors (Lipinski definition) is 4. The van der Waals surface area contributed by atoms with E-state index in [9.17, 15) is 13.2 Å². The van der Waals surface area contributed by atoms with Gasteiger partial charge in [0.05, 0.1) is 12.9 Å². The molecule has 0 aromatic heterocycles. The molecule has 0 unspecified atom stereocenters. The fourth-order valence-corrected chi connectivity index (χ4v) is 3.68. The number of unbranched alkanes of at least 4 members (excludes halogenated alkanes) is 4. The molecule has 0 aliphatic rings. The minimum absolute atomic E-state index is 0.0281. The van der Waals surface area contributed by atoms with E-state index in [0.29, 0.717) is 19.5 Å². The maximum Gasteiger partial charge on any atom is 0.305 e. The summed E-state index contributed by atoms with van der Waals surface area (Å²) in [5.41, 5.74) is 0. The quantitative estimate of drug-likeness (QED) is 0.386. The summed E-state index contributed by atoms with van der Waals surface area (Å²) in [5.74, 6) is -0.325. The number of carbonyl (C=O) groups is 1. The number of ether oxygens (including phenoxy) is 1. The van der Waals surface area contributed by atoms with Crippen LogP contribution in [-0.2, 0) is 19.6 Å². The molecule has 6 heteroatoms. The van der Waals surface area contributed by atoms with Gasteiger partial charge in [-0.2, -0.15) is 0 Å². The fraction of sp³-hybridized carbons (Fsp3) is 0.933. The van der Waals surface area contributed by atoms with Crippen molar-refractivity contribution in [1.29, 1.82) is 0 Å². The zero-order chi connectivity index (χ0) is 16.1. The first-order valence-electron chi connectivity index (χ1n) is 8.02. The number of sulfonamides is 1. The standard InChI is InChI=1S/C15H31NO4S/c1-4-6-8-12-16(13-9-7-5-2)21(18,19)14-10-11-15(17)20-3/h4-14H2,1-3H3. The van der Waals surface area contributed by atoms with Crippen molar-refractivity contribution in [2.45, 2.75) is 65.2 Å². The minimum Gasteiger partial charge on any atom is -0.469 e. The molecule has 0 bridgehead atoms. The normalized spacial score (nSPS) is 11.8. The van der Waals surface area contributed by atoms with Crippen LogP contribution in [0.5, 0.6) is 0 Å². The van der Waals surface area contributed by atoms with E-state index in [1.165, 1.54) is 7.11 Å². The summed E-state index contributed by atoms with van der Waals surface area (Å²) in [4.78, 5) is 11.1. The van der Waals surface area contributed by atoms with Gasteiger partial charge in [-0.05, 0) is 19.3 Å². The largest absolute Gasteiger partial charge is 0.469 e. The highest BCUT2D eigenvalue weighted by atomic mass is 32.2. The molecule has 0 amide bonds. The third kappa shape index (κ3) is 9.85. The second kappa shape index (κ2) is 12.0. The summed E-state index contributed by atoms with van der Waals surface area (Å²) in [6, 6.07) is 0. The summed E-state index contributed by atoms with van der Waals surface area (Å²) in [6.45, 7) is 5.40. The third-order valence-electron chi connectivity index (χ3n) is 3.43. The highest BCUT2D eigenvalue weighted by Crippen LogP contribution is 2.10. The first-order valence-corrected chi connectivity index (χ1v) is 9.63. The molecular formula is C15H31NO4S. The Morgan fingerprint density at radius 2 is 1.48 bits per heavy atom. The van der Waals surface area contributed by atoms with Crippen molar-refractivity contribution in [3.05, 3.63) is 0 Å². The number of hydrogen-bond donors (Lipinski definition) is 0. The number of methoxy groups -OCH3 is 1. The van der Waals surface area contributed by atoms with Crippen LogP contribution < -0.4 is 0 Å². The van der Waals surface area contributed by atoms with Gasteiger partial charge in [0, 0.05) is 19.5 Å². The van der Waals surface area contributed by atoms with E-state index in [4.69, 9.17) is 0 Å². The molecule has 21 heavy (non-hydrogen) atoms. The van der Waals surface area contributed by atoms with Crippen molar-refractivity contribution in [1.82, 2.24) is 4.31 Å². The molecule has 0 aromatic carbocycles.